The Kier molecular flexibility index (Phi) is 4.57. The van der Waals surface area contributed by atoms with Crippen molar-refractivity contribution in [1.29, 1.82) is 0 Å². The second-order valence-corrected chi connectivity index (χ2v) is 3.04. The first-order valence-electron chi connectivity index (χ1n) is 4.60. The predicted octanol–water partition coefficient (Wildman–Crippen LogP) is 1.97. The Balaban J connectivity index is 2.15. The highest BCUT2D eigenvalue weighted by Crippen LogP contribution is 2.11. The smallest absolute Gasteiger partial charge is 0.120 e. The van der Waals surface area contributed by atoms with E-state index in [2.05, 4.69) is 12.2 Å². The molecule has 1 aromatic heterocycles. The first-order valence-corrected chi connectivity index (χ1v) is 4.60. The molecular formula is C10H17NO2. The Labute approximate surface area is 79.1 Å². The lowest BCUT2D eigenvalue weighted by molar-refractivity contribution is 0.193. The monoisotopic (exact) mass is 183 g/mol. The fourth-order valence-corrected chi connectivity index (χ4v) is 1.17. The molecule has 3 nitrogen and oxygen atoms in total. The van der Waals surface area contributed by atoms with Crippen molar-refractivity contribution in [1.82, 2.24) is 5.32 Å². The van der Waals surface area contributed by atoms with E-state index in [0.717, 1.165) is 25.3 Å². The van der Waals surface area contributed by atoms with E-state index in [-0.39, 0.29) is 6.04 Å². The summed E-state index contributed by atoms with van der Waals surface area (Å²) in [6.45, 7) is 3.85. The summed E-state index contributed by atoms with van der Waals surface area (Å²) in [6.07, 6.45) is 2.73. The first-order chi connectivity index (χ1) is 6.34. The van der Waals surface area contributed by atoms with Gasteiger partial charge >= 0.3 is 0 Å². The first kappa shape index (κ1) is 10.3. The van der Waals surface area contributed by atoms with Gasteiger partial charge in [0.05, 0.1) is 12.3 Å². The molecule has 1 N–H and O–H groups in total. The van der Waals surface area contributed by atoms with E-state index in [1.54, 1.807) is 13.4 Å². The van der Waals surface area contributed by atoms with Crippen LogP contribution in [-0.4, -0.2) is 20.3 Å². The van der Waals surface area contributed by atoms with E-state index in [0.29, 0.717) is 0 Å². The maximum atomic E-state index is 5.26. The van der Waals surface area contributed by atoms with Crippen molar-refractivity contribution < 1.29 is 9.15 Å². The molecule has 0 amide bonds. The average Bonchev–Trinajstić information content (AvgIpc) is 2.65. The van der Waals surface area contributed by atoms with Crippen LogP contribution < -0.4 is 5.32 Å². The second-order valence-electron chi connectivity index (χ2n) is 3.04. The average molecular weight is 183 g/mol. The van der Waals surface area contributed by atoms with Gasteiger partial charge in [0.25, 0.3) is 0 Å². The van der Waals surface area contributed by atoms with Crippen LogP contribution in [-0.2, 0) is 4.74 Å². The number of ether oxygens (including phenoxy) is 1. The number of furan rings is 1. The predicted molar refractivity (Wildman–Crippen MR) is 51.6 cm³/mol. The molecule has 0 aliphatic heterocycles. The van der Waals surface area contributed by atoms with Crippen molar-refractivity contribution in [2.45, 2.75) is 19.4 Å². The van der Waals surface area contributed by atoms with Crippen LogP contribution in [0.5, 0.6) is 0 Å². The van der Waals surface area contributed by atoms with Gasteiger partial charge in [0.2, 0.25) is 0 Å². The van der Waals surface area contributed by atoms with Crippen LogP contribution in [0, 0.1) is 0 Å². The van der Waals surface area contributed by atoms with Gasteiger partial charge in [-0.15, -0.1) is 0 Å². The van der Waals surface area contributed by atoms with Crippen LogP contribution in [0.3, 0.4) is 0 Å². The van der Waals surface area contributed by atoms with E-state index in [9.17, 15) is 0 Å². The standard InChI is InChI=1S/C10H17NO2/c1-9(10-5-3-8-13-10)11-6-4-7-12-2/h3,5,8-9,11H,4,6-7H2,1-2H3/t9-/m1/s1. The van der Waals surface area contributed by atoms with Crippen molar-refractivity contribution in [3.8, 4) is 0 Å². The summed E-state index contributed by atoms with van der Waals surface area (Å²) >= 11 is 0. The number of hydrogen-bond donors (Lipinski definition) is 1. The van der Waals surface area contributed by atoms with Crippen LogP contribution in [0.25, 0.3) is 0 Å². The Morgan fingerprint density at radius 1 is 1.62 bits per heavy atom. The summed E-state index contributed by atoms with van der Waals surface area (Å²) in [5, 5.41) is 3.35. The van der Waals surface area contributed by atoms with Gasteiger partial charge in [-0.25, -0.2) is 0 Å². The van der Waals surface area contributed by atoms with Gasteiger partial charge in [-0.2, -0.15) is 0 Å². The van der Waals surface area contributed by atoms with Gasteiger partial charge in [-0.3, -0.25) is 0 Å². The Morgan fingerprint density at radius 2 is 2.46 bits per heavy atom. The highest BCUT2D eigenvalue weighted by molar-refractivity contribution is 5.02. The number of methoxy groups -OCH3 is 1. The Hall–Kier alpha value is -0.800. The Morgan fingerprint density at radius 3 is 3.08 bits per heavy atom. The zero-order chi connectivity index (χ0) is 9.52. The second kappa shape index (κ2) is 5.78. The number of rotatable bonds is 6. The summed E-state index contributed by atoms with van der Waals surface area (Å²) in [5.74, 6) is 0.984. The van der Waals surface area contributed by atoms with E-state index in [4.69, 9.17) is 9.15 Å². The minimum Gasteiger partial charge on any atom is -0.468 e. The van der Waals surface area contributed by atoms with Crippen LogP contribution >= 0.6 is 0 Å². The minimum absolute atomic E-state index is 0.284. The fraction of sp³-hybridized carbons (Fsp3) is 0.600. The van der Waals surface area contributed by atoms with Crippen LogP contribution in [0.15, 0.2) is 22.8 Å². The zero-order valence-electron chi connectivity index (χ0n) is 8.25. The molecule has 1 rings (SSSR count). The zero-order valence-corrected chi connectivity index (χ0v) is 8.25. The SMILES string of the molecule is COCCCN[C@H](C)c1ccco1. The third-order valence-electron chi connectivity index (χ3n) is 1.95. The van der Waals surface area contributed by atoms with Gasteiger partial charge in [-0.05, 0) is 32.0 Å². The maximum Gasteiger partial charge on any atom is 0.120 e. The van der Waals surface area contributed by atoms with E-state index in [1.165, 1.54) is 0 Å². The van der Waals surface area contributed by atoms with Crippen molar-refractivity contribution in [3.63, 3.8) is 0 Å². The number of nitrogens with one attached hydrogen (secondary N) is 1. The highest BCUT2D eigenvalue weighted by Gasteiger charge is 2.05. The van der Waals surface area contributed by atoms with Crippen molar-refractivity contribution in [2.75, 3.05) is 20.3 Å². The molecule has 0 saturated heterocycles. The molecular weight excluding hydrogens is 166 g/mol. The van der Waals surface area contributed by atoms with Gasteiger partial charge in [0.1, 0.15) is 5.76 Å². The summed E-state index contributed by atoms with van der Waals surface area (Å²) in [4.78, 5) is 0. The lowest BCUT2D eigenvalue weighted by Crippen LogP contribution is -2.20. The number of hydrogen-bond acceptors (Lipinski definition) is 3. The van der Waals surface area contributed by atoms with Gasteiger partial charge in [0.15, 0.2) is 0 Å². The molecule has 1 heterocycles. The van der Waals surface area contributed by atoms with Gasteiger partial charge < -0.3 is 14.5 Å². The summed E-state index contributed by atoms with van der Waals surface area (Å²) in [5.41, 5.74) is 0. The quantitative estimate of drug-likeness (QED) is 0.685. The lowest BCUT2D eigenvalue weighted by atomic mass is 10.2. The molecule has 0 aliphatic carbocycles. The highest BCUT2D eigenvalue weighted by atomic mass is 16.5. The third kappa shape index (κ3) is 3.61. The molecule has 1 atom stereocenters. The van der Waals surface area contributed by atoms with Gasteiger partial charge in [0, 0.05) is 13.7 Å². The molecule has 0 unspecified atom stereocenters. The summed E-state index contributed by atoms with van der Waals surface area (Å²) in [6, 6.07) is 4.17. The molecule has 0 aliphatic rings. The molecule has 0 bridgehead atoms. The normalized spacial score (nSPS) is 13.1. The van der Waals surface area contributed by atoms with E-state index < -0.39 is 0 Å². The molecule has 0 spiro atoms. The maximum absolute atomic E-state index is 5.26. The molecule has 13 heavy (non-hydrogen) atoms. The van der Waals surface area contributed by atoms with E-state index >= 15 is 0 Å². The van der Waals surface area contributed by atoms with Crippen LogP contribution in [0.4, 0.5) is 0 Å². The van der Waals surface area contributed by atoms with Gasteiger partial charge in [-0.1, -0.05) is 0 Å². The van der Waals surface area contributed by atoms with Crippen LogP contribution in [0.2, 0.25) is 0 Å². The molecule has 0 aromatic carbocycles. The van der Waals surface area contributed by atoms with Crippen molar-refractivity contribution in [3.05, 3.63) is 24.2 Å². The van der Waals surface area contributed by atoms with E-state index in [1.807, 2.05) is 12.1 Å². The molecule has 0 saturated carbocycles. The minimum atomic E-state index is 0.284. The Bertz CT molecular complexity index is 209. The molecule has 0 fully saturated rings. The largest absolute Gasteiger partial charge is 0.468 e. The third-order valence-corrected chi connectivity index (χ3v) is 1.95. The molecule has 1 aromatic rings. The fourth-order valence-electron chi connectivity index (χ4n) is 1.17. The molecule has 0 radical (unpaired) electrons. The van der Waals surface area contributed by atoms with Crippen molar-refractivity contribution >= 4 is 0 Å². The summed E-state index contributed by atoms with van der Waals surface area (Å²) in [7, 11) is 1.72. The summed E-state index contributed by atoms with van der Waals surface area (Å²) < 4.78 is 10.2. The lowest BCUT2D eigenvalue weighted by Gasteiger charge is -2.10. The topological polar surface area (TPSA) is 34.4 Å². The molecule has 74 valence electrons. The van der Waals surface area contributed by atoms with Crippen LogP contribution in [0.1, 0.15) is 25.1 Å². The molecule has 3 heteroatoms. The van der Waals surface area contributed by atoms with Crippen molar-refractivity contribution in [2.24, 2.45) is 0 Å².